The van der Waals surface area contributed by atoms with E-state index in [1.165, 1.54) is 0 Å². The van der Waals surface area contributed by atoms with Gasteiger partial charge in [-0.1, -0.05) is 23.2 Å². The number of rotatable bonds is 3. The topological polar surface area (TPSA) is 91.4 Å². The quantitative estimate of drug-likeness (QED) is 0.608. The van der Waals surface area contributed by atoms with Crippen molar-refractivity contribution < 1.29 is 14.3 Å². The Labute approximate surface area is 199 Å². The van der Waals surface area contributed by atoms with E-state index in [4.69, 9.17) is 27.9 Å². The second kappa shape index (κ2) is 7.88. The number of fused-ring (bicyclic) bond motifs is 5. The molecule has 4 atom stereocenters. The number of aromatic amines is 1. The van der Waals surface area contributed by atoms with E-state index in [9.17, 15) is 9.59 Å². The summed E-state index contributed by atoms with van der Waals surface area (Å²) >= 11 is 12.0. The van der Waals surface area contributed by atoms with E-state index < -0.39 is 0 Å². The van der Waals surface area contributed by atoms with Crippen molar-refractivity contribution in [3.63, 3.8) is 0 Å². The van der Waals surface area contributed by atoms with Crippen LogP contribution in [-0.2, 0) is 11.3 Å². The number of amides is 2. The molecule has 1 aliphatic carbocycles. The molecule has 6 rings (SSSR count). The van der Waals surface area contributed by atoms with Crippen LogP contribution < -0.4 is 0 Å². The van der Waals surface area contributed by atoms with Crippen LogP contribution in [0.2, 0.25) is 10.0 Å². The van der Waals surface area contributed by atoms with Crippen molar-refractivity contribution in [1.29, 1.82) is 0 Å². The summed E-state index contributed by atoms with van der Waals surface area (Å²) in [6.45, 7) is 2.94. The Morgan fingerprint density at radius 1 is 0.879 bits per heavy atom. The summed E-state index contributed by atoms with van der Waals surface area (Å²) in [6.07, 6.45) is -0.313. The Balaban J connectivity index is 1.05. The molecule has 2 saturated heterocycles. The highest BCUT2D eigenvalue weighted by Gasteiger charge is 2.59. The summed E-state index contributed by atoms with van der Waals surface area (Å²) in [5, 5.41) is 11.7. The Morgan fingerprint density at radius 2 is 1.48 bits per heavy atom. The molecule has 3 heterocycles. The van der Waals surface area contributed by atoms with Crippen LogP contribution in [0.25, 0.3) is 11.0 Å². The SMILES string of the molecule is O=C(OCc1cc(Cl)cc(Cl)c1)N1C[C@@H]2[C@H](C1)[C@H]1CN(C(=O)c3ccc4n[nH]nc4c3)C[C@@H]21. The van der Waals surface area contributed by atoms with Crippen molar-refractivity contribution in [2.24, 2.45) is 23.7 Å². The molecule has 2 aromatic carbocycles. The fourth-order valence-electron chi connectivity index (χ4n) is 5.78. The lowest BCUT2D eigenvalue weighted by atomic mass is 9.60. The van der Waals surface area contributed by atoms with Gasteiger partial charge in [-0.05, 0) is 65.6 Å². The van der Waals surface area contributed by atoms with Crippen LogP contribution in [0, 0.1) is 23.7 Å². The van der Waals surface area contributed by atoms with Crippen LogP contribution in [0.4, 0.5) is 4.79 Å². The van der Waals surface area contributed by atoms with Crippen molar-refractivity contribution in [1.82, 2.24) is 25.2 Å². The van der Waals surface area contributed by atoms with Gasteiger partial charge in [-0.25, -0.2) is 4.79 Å². The van der Waals surface area contributed by atoms with E-state index in [0.29, 0.717) is 57.9 Å². The second-order valence-corrected chi connectivity index (χ2v) is 10.0. The molecule has 3 fully saturated rings. The number of likely N-dealkylation sites (tertiary alicyclic amines) is 2. The number of ether oxygens (including phenoxy) is 1. The number of nitrogens with one attached hydrogen (secondary N) is 1. The van der Waals surface area contributed by atoms with E-state index in [2.05, 4.69) is 15.4 Å². The van der Waals surface area contributed by atoms with Gasteiger partial charge in [0.05, 0.1) is 0 Å². The van der Waals surface area contributed by atoms with Gasteiger partial charge in [0.25, 0.3) is 5.91 Å². The van der Waals surface area contributed by atoms with E-state index in [1.807, 2.05) is 11.0 Å². The van der Waals surface area contributed by atoms with E-state index in [0.717, 1.165) is 24.2 Å². The molecule has 170 valence electrons. The van der Waals surface area contributed by atoms with E-state index in [-0.39, 0.29) is 18.6 Å². The minimum atomic E-state index is -0.313. The molecule has 0 spiro atoms. The van der Waals surface area contributed by atoms with Crippen molar-refractivity contribution in [3.05, 3.63) is 57.6 Å². The predicted octanol–water partition coefficient (Wildman–Crippen LogP) is 3.85. The number of carbonyl (C=O) groups excluding carboxylic acids is 2. The average Bonchev–Trinajstić information content (AvgIpc) is 3.50. The maximum absolute atomic E-state index is 13.1. The number of H-pyrrole nitrogens is 1. The summed E-state index contributed by atoms with van der Waals surface area (Å²) in [5.74, 6) is 1.72. The van der Waals surface area contributed by atoms with Crippen LogP contribution in [0.5, 0.6) is 0 Å². The van der Waals surface area contributed by atoms with Crippen molar-refractivity contribution in [2.75, 3.05) is 26.2 Å². The molecule has 0 radical (unpaired) electrons. The number of halogens is 2. The minimum Gasteiger partial charge on any atom is -0.445 e. The first-order valence-electron chi connectivity index (χ1n) is 10.9. The van der Waals surface area contributed by atoms with Gasteiger partial charge in [0.1, 0.15) is 17.6 Å². The zero-order valence-corrected chi connectivity index (χ0v) is 19.1. The molecule has 2 aliphatic heterocycles. The van der Waals surface area contributed by atoms with Crippen LogP contribution in [0.15, 0.2) is 36.4 Å². The molecular formula is C23H21Cl2N5O3. The third-order valence-corrected chi connectivity index (χ3v) is 7.75. The Bertz CT molecular complexity index is 1220. The van der Waals surface area contributed by atoms with Crippen LogP contribution in [-0.4, -0.2) is 63.4 Å². The van der Waals surface area contributed by atoms with Gasteiger partial charge in [0.15, 0.2) is 0 Å². The normalized spacial score (nSPS) is 25.6. The Hall–Kier alpha value is -2.84. The molecule has 2 amide bonds. The van der Waals surface area contributed by atoms with Gasteiger partial charge in [-0.2, -0.15) is 15.4 Å². The van der Waals surface area contributed by atoms with E-state index >= 15 is 0 Å². The Morgan fingerprint density at radius 3 is 2.15 bits per heavy atom. The predicted molar refractivity (Wildman–Crippen MR) is 122 cm³/mol. The fraction of sp³-hybridized carbons (Fsp3) is 0.391. The fourth-order valence-corrected chi connectivity index (χ4v) is 6.35. The highest BCUT2D eigenvalue weighted by atomic mass is 35.5. The zero-order valence-electron chi connectivity index (χ0n) is 17.6. The Kier molecular flexibility index (Phi) is 4.96. The van der Waals surface area contributed by atoms with Gasteiger partial charge in [-0.3, -0.25) is 4.79 Å². The number of carbonyl (C=O) groups is 2. The molecule has 10 heteroatoms. The number of nitrogens with zero attached hydrogens (tertiary/aromatic N) is 4. The lowest BCUT2D eigenvalue weighted by Gasteiger charge is -2.42. The van der Waals surface area contributed by atoms with Crippen LogP contribution in [0.1, 0.15) is 15.9 Å². The average molecular weight is 486 g/mol. The molecule has 0 unspecified atom stereocenters. The van der Waals surface area contributed by atoms with Gasteiger partial charge in [0.2, 0.25) is 0 Å². The first-order chi connectivity index (χ1) is 16.0. The monoisotopic (exact) mass is 485 g/mol. The molecule has 0 bridgehead atoms. The highest BCUT2D eigenvalue weighted by molar-refractivity contribution is 6.34. The lowest BCUT2D eigenvalue weighted by molar-refractivity contribution is 0.0629. The number of benzene rings is 2. The maximum atomic E-state index is 13.1. The summed E-state index contributed by atoms with van der Waals surface area (Å²) < 4.78 is 5.51. The van der Waals surface area contributed by atoms with Crippen molar-refractivity contribution in [2.45, 2.75) is 6.61 Å². The van der Waals surface area contributed by atoms with Gasteiger partial charge >= 0.3 is 6.09 Å². The maximum Gasteiger partial charge on any atom is 0.410 e. The smallest absolute Gasteiger partial charge is 0.410 e. The molecule has 1 aromatic heterocycles. The third kappa shape index (κ3) is 3.61. The van der Waals surface area contributed by atoms with Gasteiger partial charge in [-0.15, -0.1) is 0 Å². The van der Waals surface area contributed by atoms with Gasteiger partial charge < -0.3 is 14.5 Å². The number of aromatic nitrogens is 3. The molecule has 1 saturated carbocycles. The standard InChI is InChI=1S/C23H21Cl2N5O3/c24-14-3-12(4-15(25)6-14)11-33-23(32)30-9-18-16-7-29(8-17(16)19(18)10-30)22(31)13-1-2-20-21(5-13)27-28-26-20/h1-6,16-19H,7-11H2,(H,26,27,28)/t16-,17+,18+,19-. The van der Waals surface area contributed by atoms with Crippen molar-refractivity contribution in [3.8, 4) is 0 Å². The van der Waals surface area contributed by atoms with Crippen molar-refractivity contribution >= 4 is 46.2 Å². The molecule has 33 heavy (non-hydrogen) atoms. The van der Waals surface area contributed by atoms with Crippen LogP contribution >= 0.6 is 23.2 Å². The summed E-state index contributed by atoms with van der Waals surface area (Å²) in [7, 11) is 0. The first kappa shape index (κ1) is 20.7. The highest BCUT2D eigenvalue weighted by Crippen LogP contribution is 2.54. The molecule has 1 N–H and O–H groups in total. The van der Waals surface area contributed by atoms with Crippen LogP contribution in [0.3, 0.4) is 0 Å². The molecule has 3 aromatic rings. The largest absolute Gasteiger partial charge is 0.445 e. The minimum absolute atomic E-state index is 0.0313. The van der Waals surface area contributed by atoms with Gasteiger partial charge in [0, 0.05) is 41.8 Å². The van der Waals surface area contributed by atoms with E-state index in [1.54, 1.807) is 35.2 Å². The third-order valence-electron chi connectivity index (χ3n) is 7.32. The summed E-state index contributed by atoms with van der Waals surface area (Å²) in [4.78, 5) is 29.4. The summed E-state index contributed by atoms with van der Waals surface area (Å²) in [5.41, 5.74) is 2.83. The number of hydrogen-bond acceptors (Lipinski definition) is 5. The lowest BCUT2D eigenvalue weighted by Crippen LogP contribution is -2.44. The molecule has 3 aliphatic rings. The second-order valence-electron chi connectivity index (χ2n) is 9.13. The molecular weight excluding hydrogens is 465 g/mol. The summed E-state index contributed by atoms with van der Waals surface area (Å²) in [6, 6.07) is 10.5. The first-order valence-corrected chi connectivity index (χ1v) is 11.7. The zero-order chi connectivity index (χ0) is 22.7. The number of hydrogen-bond donors (Lipinski definition) is 1. The molecule has 8 nitrogen and oxygen atoms in total.